The molecule has 0 fully saturated rings. The van der Waals surface area contributed by atoms with Crippen LogP contribution in [0.3, 0.4) is 0 Å². The van der Waals surface area contributed by atoms with Crippen molar-refractivity contribution in [1.29, 1.82) is 0 Å². The van der Waals surface area contributed by atoms with Crippen LogP contribution in [0.25, 0.3) is 33.3 Å². The summed E-state index contributed by atoms with van der Waals surface area (Å²) in [6.07, 6.45) is 6.68. The van der Waals surface area contributed by atoms with E-state index in [-0.39, 0.29) is 0 Å². The molecule has 0 saturated heterocycles. The predicted octanol–water partition coefficient (Wildman–Crippen LogP) is 4.50. The SMILES string of the molecule is COc1c(-c2ccc3c(c2)CC=C3)cc(-n2ccc(=O)[nH]c2=O)cc1-c1cccs1. The third-order valence-electron chi connectivity index (χ3n) is 5.26. The van der Waals surface area contributed by atoms with E-state index in [1.165, 1.54) is 28.0 Å². The number of hydrogen-bond donors (Lipinski definition) is 1. The second-order valence-corrected chi connectivity index (χ2v) is 8.00. The van der Waals surface area contributed by atoms with Crippen LogP contribution < -0.4 is 16.0 Å². The minimum atomic E-state index is -0.478. The molecule has 0 spiro atoms. The molecule has 5 nitrogen and oxygen atoms in total. The summed E-state index contributed by atoms with van der Waals surface area (Å²) in [5, 5.41) is 2.01. The van der Waals surface area contributed by atoms with Gasteiger partial charge in [0.1, 0.15) is 5.75 Å². The second-order valence-electron chi connectivity index (χ2n) is 7.05. The molecule has 148 valence electrons. The number of aromatic amines is 1. The molecule has 5 rings (SSSR count). The maximum atomic E-state index is 12.5. The normalized spacial score (nSPS) is 12.2. The third-order valence-corrected chi connectivity index (χ3v) is 6.16. The van der Waals surface area contributed by atoms with Gasteiger partial charge in [-0.1, -0.05) is 36.4 Å². The largest absolute Gasteiger partial charge is 0.495 e. The van der Waals surface area contributed by atoms with Crippen LogP contribution in [-0.2, 0) is 6.42 Å². The second kappa shape index (κ2) is 7.31. The number of fused-ring (bicyclic) bond motifs is 1. The molecule has 0 atom stereocenters. The van der Waals surface area contributed by atoms with Crippen molar-refractivity contribution >= 4 is 17.4 Å². The van der Waals surface area contributed by atoms with Crippen LogP contribution >= 0.6 is 11.3 Å². The number of thiophene rings is 1. The summed E-state index contributed by atoms with van der Waals surface area (Å²) in [6, 6.07) is 15.6. The Morgan fingerprint density at radius 3 is 2.70 bits per heavy atom. The lowest BCUT2D eigenvalue weighted by Crippen LogP contribution is -2.27. The number of nitrogens with one attached hydrogen (secondary N) is 1. The Balaban J connectivity index is 1.79. The van der Waals surface area contributed by atoms with Gasteiger partial charge in [-0.2, -0.15) is 0 Å². The average molecular weight is 414 g/mol. The van der Waals surface area contributed by atoms with Gasteiger partial charge in [0.25, 0.3) is 5.56 Å². The highest BCUT2D eigenvalue weighted by Gasteiger charge is 2.18. The molecule has 2 aromatic heterocycles. The molecule has 2 aromatic carbocycles. The van der Waals surface area contributed by atoms with Crippen LogP contribution in [-0.4, -0.2) is 16.7 Å². The standard InChI is InChI=1S/C24H18N2O3S/c1-29-23-19(17-8-7-15-4-2-5-16(15)12-17)13-18(14-20(23)21-6-3-11-30-21)26-10-9-22(27)25-24(26)28/h2-4,6-14H,5H2,1H3,(H,25,27,28). The van der Waals surface area contributed by atoms with Crippen molar-refractivity contribution in [3.8, 4) is 33.0 Å². The van der Waals surface area contributed by atoms with E-state index in [0.29, 0.717) is 5.69 Å². The Morgan fingerprint density at radius 1 is 1.07 bits per heavy atom. The Hall–Kier alpha value is -3.64. The molecule has 1 aliphatic rings. The van der Waals surface area contributed by atoms with E-state index in [1.54, 1.807) is 18.4 Å². The van der Waals surface area contributed by atoms with Gasteiger partial charge >= 0.3 is 5.69 Å². The summed E-state index contributed by atoms with van der Waals surface area (Å²) in [5.41, 5.74) is 5.06. The topological polar surface area (TPSA) is 64.1 Å². The molecule has 30 heavy (non-hydrogen) atoms. The first-order valence-electron chi connectivity index (χ1n) is 9.52. The Bertz CT molecular complexity index is 1390. The van der Waals surface area contributed by atoms with E-state index < -0.39 is 11.2 Å². The molecule has 0 amide bonds. The van der Waals surface area contributed by atoms with Crippen LogP contribution in [0.5, 0.6) is 5.75 Å². The van der Waals surface area contributed by atoms with Crippen molar-refractivity contribution in [2.24, 2.45) is 0 Å². The highest BCUT2D eigenvalue weighted by Crippen LogP contribution is 2.43. The minimum Gasteiger partial charge on any atom is -0.495 e. The van der Waals surface area contributed by atoms with Crippen LogP contribution in [0.1, 0.15) is 11.1 Å². The van der Waals surface area contributed by atoms with E-state index in [9.17, 15) is 9.59 Å². The summed E-state index contributed by atoms with van der Waals surface area (Å²) in [6.45, 7) is 0. The van der Waals surface area contributed by atoms with Crippen molar-refractivity contribution in [3.05, 3.63) is 98.1 Å². The zero-order chi connectivity index (χ0) is 20.7. The van der Waals surface area contributed by atoms with Crippen molar-refractivity contribution in [2.75, 3.05) is 7.11 Å². The zero-order valence-corrected chi connectivity index (χ0v) is 17.0. The molecule has 2 heterocycles. The quantitative estimate of drug-likeness (QED) is 0.535. The molecule has 0 radical (unpaired) electrons. The lowest BCUT2D eigenvalue weighted by atomic mass is 9.96. The number of benzene rings is 2. The highest BCUT2D eigenvalue weighted by atomic mass is 32.1. The monoisotopic (exact) mass is 414 g/mol. The van der Waals surface area contributed by atoms with Gasteiger partial charge in [0.05, 0.1) is 12.8 Å². The summed E-state index contributed by atoms with van der Waals surface area (Å²) < 4.78 is 7.30. The van der Waals surface area contributed by atoms with E-state index in [1.807, 2.05) is 29.6 Å². The molecular weight excluding hydrogens is 396 g/mol. The smallest absolute Gasteiger partial charge is 0.332 e. The summed E-state index contributed by atoms with van der Waals surface area (Å²) in [7, 11) is 1.66. The van der Waals surface area contributed by atoms with Gasteiger partial charge in [-0.15, -0.1) is 11.3 Å². The van der Waals surface area contributed by atoms with E-state index in [2.05, 4.69) is 35.3 Å². The van der Waals surface area contributed by atoms with E-state index in [0.717, 1.165) is 33.7 Å². The molecule has 0 unspecified atom stereocenters. The average Bonchev–Trinajstić information content (AvgIpc) is 3.44. The van der Waals surface area contributed by atoms with Crippen LogP contribution in [0.15, 0.2) is 75.8 Å². The number of nitrogens with zero attached hydrogens (tertiary/aromatic N) is 1. The number of H-pyrrole nitrogens is 1. The number of hydrogen-bond acceptors (Lipinski definition) is 4. The Morgan fingerprint density at radius 2 is 1.93 bits per heavy atom. The fourth-order valence-electron chi connectivity index (χ4n) is 3.85. The van der Waals surface area contributed by atoms with Crippen LogP contribution in [0.2, 0.25) is 0 Å². The molecule has 6 heteroatoms. The van der Waals surface area contributed by atoms with Crippen molar-refractivity contribution in [3.63, 3.8) is 0 Å². The number of allylic oxidation sites excluding steroid dienone is 1. The first-order chi connectivity index (χ1) is 14.6. The van der Waals surface area contributed by atoms with Crippen molar-refractivity contribution in [1.82, 2.24) is 9.55 Å². The van der Waals surface area contributed by atoms with Crippen LogP contribution in [0.4, 0.5) is 0 Å². The van der Waals surface area contributed by atoms with Crippen molar-refractivity contribution in [2.45, 2.75) is 6.42 Å². The van der Waals surface area contributed by atoms with Gasteiger partial charge in [-0.3, -0.25) is 14.3 Å². The van der Waals surface area contributed by atoms with Crippen LogP contribution in [0, 0.1) is 0 Å². The first kappa shape index (κ1) is 18.4. The summed E-state index contributed by atoms with van der Waals surface area (Å²) >= 11 is 1.60. The number of methoxy groups -OCH3 is 1. The van der Waals surface area contributed by atoms with Gasteiger partial charge in [-0.05, 0) is 46.7 Å². The first-order valence-corrected chi connectivity index (χ1v) is 10.4. The fraction of sp³-hybridized carbons (Fsp3) is 0.0833. The number of aromatic nitrogens is 2. The molecule has 4 aromatic rings. The van der Waals surface area contributed by atoms with Gasteiger partial charge < -0.3 is 4.74 Å². The molecule has 0 bridgehead atoms. The van der Waals surface area contributed by atoms with Gasteiger partial charge in [0.15, 0.2) is 0 Å². The molecule has 0 saturated carbocycles. The number of rotatable bonds is 4. The Labute approximate surface area is 176 Å². The molecule has 0 aliphatic heterocycles. The maximum Gasteiger partial charge on any atom is 0.332 e. The van der Waals surface area contributed by atoms with Crippen molar-refractivity contribution < 1.29 is 4.74 Å². The molecule has 1 aliphatic carbocycles. The van der Waals surface area contributed by atoms with Gasteiger partial charge in [-0.25, -0.2) is 4.79 Å². The minimum absolute atomic E-state index is 0.422. The van der Waals surface area contributed by atoms with Gasteiger partial charge in [0, 0.05) is 28.3 Å². The predicted molar refractivity (Wildman–Crippen MR) is 121 cm³/mol. The molecular formula is C24H18N2O3S. The third kappa shape index (κ3) is 3.11. The zero-order valence-electron chi connectivity index (χ0n) is 16.2. The molecule has 1 N–H and O–H groups in total. The fourth-order valence-corrected chi connectivity index (χ4v) is 4.59. The van der Waals surface area contributed by atoms with E-state index in [4.69, 9.17) is 4.74 Å². The maximum absolute atomic E-state index is 12.5. The summed E-state index contributed by atoms with van der Waals surface area (Å²) in [5.74, 6) is 0.754. The Kier molecular flexibility index (Phi) is 4.48. The number of ether oxygens (including phenoxy) is 1. The lowest BCUT2D eigenvalue weighted by Gasteiger charge is -2.17. The summed E-state index contributed by atoms with van der Waals surface area (Å²) in [4.78, 5) is 27.4. The van der Waals surface area contributed by atoms with E-state index >= 15 is 0 Å². The lowest BCUT2D eigenvalue weighted by molar-refractivity contribution is 0.418. The highest BCUT2D eigenvalue weighted by molar-refractivity contribution is 7.13. The van der Waals surface area contributed by atoms with Gasteiger partial charge in [0.2, 0.25) is 0 Å².